The molecular weight excluding hydrogens is 418 g/mol. The van der Waals surface area contributed by atoms with E-state index in [0.29, 0.717) is 31.0 Å². The van der Waals surface area contributed by atoms with Gasteiger partial charge in [-0.25, -0.2) is 9.59 Å². The van der Waals surface area contributed by atoms with Crippen LogP contribution in [0.25, 0.3) is 0 Å². The van der Waals surface area contributed by atoms with Crippen molar-refractivity contribution < 1.29 is 33.5 Å². The van der Waals surface area contributed by atoms with Crippen molar-refractivity contribution in [3.63, 3.8) is 0 Å². The van der Waals surface area contributed by atoms with Crippen LogP contribution in [-0.2, 0) is 28.8 Å². The van der Waals surface area contributed by atoms with Gasteiger partial charge in [0.2, 0.25) is 5.91 Å². The molecule has 0 saturated carbocycles. The molecule has 10 heteroatoms. The maximum atomic E-state index is 11.8. The Morgan fingerprint density at radius 3 is 1.94 bits per heavy atom. The van der Waals surface area contributed by atoms with Gasteiger partial charge in [0.25, 0.3) is 11.8 Å². The first-order chi connectivity index (χ1) is 15.1. The van der Waals surface area contributed by atoms with Crippen LogP contribution >= 0.6 is 0 Å². The lowest BCUT2D eigenvalue weighted by molar-refractivity contribution is -0.197. The summed E-state index contributed by atoms with van der Waals surface area (Å²) in [6, 6.07) is 0. The predicted octanol–water partition coefficient (Wildman–Crippen LogP) is 2.75. The number of hydrogen-bond donors (Lipinski definition) is 2. The lowest BCUT2D eigenvalue weighted by Crippen LogP contribution is -2.33. The summed E-state index contributed by atoms with van der Waals surface area (Å²) >= 11 is 0. The summed E-state index contributed by atoms with van der Waals surface area (Å²) < 4.78 is 5.15. The highest BCUT2D eigenvalue weighted by atomic mass is 16.7. The van der Waals surface area contributed by atoms with E-state index in [1.165, 1.54) is 0 Å². The molecule has 0 aromatic carbocycles. The zero-order valence-electron chi connectivity index (χ0n) is 19.5. The van der Waals surface area contributed by atoms with Gasteiger partial charge >= 0.3 is 12.1 Å². The second-order valence-corrected chi connectivity index (χ2v) is 8.80. The number of amides is 4. The van der Waals surface area contributed by atoms with Gasteiger partial charge in [0.1, 0.15) is 5.60 Å². The highest BCUT2D eigenvalue weighted by molar-refractivity contribution is 6.01. The van der Waals surface area contributed by atoms with E-state index >= 15 is 0 Å². The minimum absolute atomic E-state index is 0.00217. The van der Waals surface area contributed by atoms with Crippen LogP contribution in [0.4, 0.5) is 4.79 Å². The van der Waals surface area contributed by atoms with Crippen molar-refractivity contribution in [1.29, 1.82) is 0 Å². The molecule has 10 nitrogen and oxygen atoms in total. The second-order valence-electron chi connectivity index (χ2n) is 8.80. The Balaban J connectivity index is 1.91. The second kappa shape index (κ2) is 14.4. The summed E-state index contributed by atoms with van der Waals surface area (Å²) in [4.78, 5) is 62.5. The average molecular weight is 456 g/mol. The molecule has 32 heavy (non-hydrogen) atoms. The summed E-state index contributed by atoms with van der Waals surface area (Å²) in [5, 5.41) is 6.14. The number of imide groups is 1. The van der Waals surface area contributed by atoms with Gasteiger partial charge in [-0.3, -0.25) is 14.4 Å². The van der Waals surface area contributed by atoms with Gasteiger partial charge in [-0.15, -0.1) is 5.06 Å². The number of hydroxylamine groups is 2. The van der Waals surface area contributed by atoms with Crippen LogP contribution in [0.15, 0.2) is 0 Å². The summed E-state index contributed by atoms with van der Waals surface area (Å²) in [6.07, 6.45) is 5.72. The molecule has 0 spiro atoms. The quantitative estimate of drug-likeness (QED) is 0.304. The predicted molar refractivity (Wildman–Crippen MR) is 116 cm³/mol. The average Bonchev–Trinajstić information content (AvgIpc) is 3.00. The Hall–Kier alpha value is -2.65. The molecule has 0 bridgehead atoms. The van der Waals surface area contributed by atoms with Crippen LogP contribution in [0.5, 0.6) is 0 Å². The molecule has 1 saturated heterocycles. The maximum absolute atomic E-state index is 11.8. The number of carbonyl (C=O) groups excluding carboxylic acids is 5. The number of hydrogen-bond acceptors (Lipinski definition) is 7. The molecular formula is C22H37N3O7. The number of carbonyl (C=O) groups is 5. The van der Waals surface area contributed by atoms with Crippen molar-refractivity contribution >= 4 is 29.8 Å². The largest absolute Gasteiger partial charge is 0.444 e. The number of unbranched alkanes of at least 4 members (excludes halogenated alkanes) is 5. The van der Waals surface area contributed by atoms with E-state index in [1.54, 1.807) is 0 Å². The zero-order chi connectivity index (χ0) is 24.0. The molecule has 0 unspecified atom stereocenters. The Morgan fingerprint density at radius 1 is 0.812 bits per heavy atom. The topological polar surface area (TPSA) is 131 Å². The van der Waals surface area contributed by atoms with E-state index in [1.807, 2.05) is 20.8 Å². The molecule has 1 heterocycles. The van der Waals surface area contributed by atoms with Crippen LogP contribution < -0.4 is 10.6 Å². The third-order valence-electron chi connectivity index (χ3n) is 4.58. The molecule has 0 atom stereocenters. The Morgan fingerprint density at radius 2 is 1.34 bits per heavy atom. The number of alkyl carbamates (subject to hydrolysis) is 1. The molecule has 0 radical (unpaired) electrons. The Bertz CT molecular complexity index is 642. The molecule has 1 rings (SSSR count). The molecule has 182 valence electrons. The van der Waals surface area contributed by atoms with Crippen molar-refractivity contribution in [2.45, 2.75) is 97.0 Å². The number of rotatable bonds is 14. The van der Waals surface area contributed by atoms with Crippen molar-refractivity contribution in [2.75, 3.05) is 13.1 Å². The van der Waals surface area contributed by atoms with Crippen LogP contribution in [0, 0.1) is 0 Å². The van der Waals surface area contributed by atoms with E-state index in [4.69, 9.17) is 9.57 Å². The SMILES string of the molecule is CC(C)(C)OC(=O)NCCCCCNC(=O)CCCCCCC(=O)ON1C(=O)CCC1=O. The van der Waals surface area contributed by atoms with Crippen LogP contribution in [0.1, 0.15) is 91.4 Å². The van der Waals surface area contributed by atoms with Gasteiger partial charge in [-0.05, 0) is 52.9 Å². The van der Waals surface area contributed by atoms with Crippen molar-refractivity contribution in [2.24, 2.45) is 0 Å². The fraction of sp³-hybridized carbons (Fsp3) is 0.773. The third kappa shape index (κ3) is 12.9. The van der Waals surface area contributed by atoms with E-state index in [9.17, 15) is 24.0 Å². The van der Waals surface area contributed by atoms with Gasteiger partial charge in [0, 0.05) is 38.8 Å². The summed E-state index contributed by atoms with van der Waals surface area (Å²) in [5.74, 6) is -1.55. The summed E-state index contributed by atoms with van der Waals surface area (Å²) in [7, 11) is 0. The first-order valence-electron chi connectivity index (χ1n) is 11.4. The normalized spacial score (nSPS) is 13.8. The highest BCUT2D eigenvalue weighted by Gasteiger charge is 2.32. The van der Waals surface area contributed by atoms with E-state index in [0.717, 1.165) is 38.5 Å². The number of ether oxygens (including phenoxy) is 1. The van der Waals surface area contributed by atoms with Crippen molar-refractivity contribution in [1.82, 2.24) is 15.7 Å². The lowest BCUT2D eigenvalue weighted by atomic mass is 10.1. The van der Waals surface area contributed by atoms with E-state index in [2.05, 4.69) is 10.6 Å². The number of nitrogens with one attached hydrogen (secondary N) is 2. The third-order valence-corrected chi connectivity index (χ3v) is 4.58. The summed E-state index contributed by atoms with van der Waals surface area (Å²) in [5.41, 5.74) is -0.503. The molecule has 0 aliphatic carbocycles. The van der Waals surface area contributed by atoms with Gasteiger partial charge in [-0.1, -0.05) is 12.8 Å². The zero-order valence-corrected chi connectivity index (χ0v) is 19.5. The van der Waals surface area contributed by atoms with Gasteiger partial charge < -0.3 is 20.2 Å². The molecule has 1 aliphatic rings. The monoisotopic (exact) mass is 455 g/mol. The lowest BCUT2D eigenvalue weighted by Gasteiger charge is -2.19. The Labute approximate surface area is 189 Å². The summed E-state index contributed by atoms with van der Waals surface area (Å²) in [6.45, 7) is 6.59. The maximum Gasteiger partial charge on any atom is 0.407 e. The smallest absolute Gasteiger partial charge is 0.407 e. The van der Waals surface area contributed by atoms with Crippen LogP contribution in [0.3, 0.4) is 0 Å². The first-order valence-corrected chi connectivity index (χ1v) is 11.4. The van der Waals surface area contributed by atoms with Gasteiger partial charge in [-0.2, -0.15) is 0 Å². The van der Waals surface area contributed by atoms with Crippen molar-refractivity contribution in [3.05, 3.63) is 0 Å². The van der Waals surface area contributed by atoms with Crippen LogP contribution in [-0.4, -0.2) is 53.5 Å². The Kier molecular flexibility index (Phi) is 12.3. The number of nitrogens with zero attached hydrogens (tertiary/aromatic N) is 1. The molecule has 1 aliphatic heterocycles. The molecule has 0 aromatic heterocycles. The van der Waals surface area contributed by atoms with Gasteiger partial charge in [0.05, 0.1) is 0 Å². The fourth-order valence-corrected chi connectivity index (χ4v) is 2.96. The first kappa shape index (κ1) is 27.4. The van der Waals surface area contributed by atoms with E-state index < -0.39 is 29.5 Å². The molecule has 1 fully saturated rings. The minimum Gasteiger partial charge on any atom is -0.444 e. The fourth-order valence-electron chi connectivity index (χ4n) is 2.96. The highest BCUT2D eigenvalue weighted by Crippen LogP contribution is 2.14. The molecule has 0 aromatic rings. The van der Waals surface area contributed by atoms with E-state index in [-0.39, 0.29) is 25.2 Å². The van der Waals surface area contributed by atoms with Gasteiger partial charge in [0.15, 0.2) is 0 Å². The minimum atomic E-state index is -0.590. The van der Waals surface area contributed by atoms with Crippen LogP contribution in [0.2, 0.25) is 0 Å². The molecule has 2 N–H and O–H groups in total. The standard InChI is InChI=1S/C22H37N3O7/c1-22(2,3)31-21(30)24-16-10-6-9-15-23-17(26)11-7-4-5-8-12-20(29)32-25-18(27)13-14-19(25)28/h4-16H2,1-3H3,(H,23,26)(H,24,30). The molecule has 4 amide bonds. The van der Waals surface area contributed by atoms with Crippen molar-refractivity contribution in [3.8, 4) is 0 Å².